The molecule has 0 saturated heterocycles. The molecule has 4 nitrogen and oxygen atoms in total. The van der Waals surface area contributed by atoms with Crippen LogP contribution >= 0.6 is 0 Å². The first kappa shape index (κ1) is 20.3. The maximum absolute atomic E-state index is 13.3. The molecule has 0 atom stereocenters. The fourth-order valence-electron chi connectivity index (χ4n) is 3.49. The Morgan fingerprint density at radius 1 is 0.903 bits per heavy atom. The lowest BCUT2D eigenvalue weighted by Crippen LogP contribution is -2.06. The summed E-state index contributed by atoms with van der Waals surface area (Å²) in [5.41, 5.74) is 1.71. The van der Waals surface area contributed by atoms with E-state index < -0.39 is 17.7 Å². The SMILES string of the molecule is O=CC1=C(c2ccccc2)C(=Nc2ccc(C(=O)O)cc2)c2ccc(C(F)(F)F)cc21. The van der Waals surface area contributed by atoms with Crippen molar-refractivity contribution in [2.24, 2.45) is 4.99 Å². The summed E-state index contributed by atoms with van der Waals surface area (Å²) < 4.78 is 39.8. The molecule has 0 unspecified atom stereocenters. The smallest absolute Gasteiger partial charge is 0.416 e. The molecule has 1 aliphatic carbocycles. The van der Waals surface area contributed by atoms with Crippen LogP contribution in [-0.4, -0.2) is 23.1 Å². The molecular weight excluding hydrogens is 407 g/mol. The number of halogens is 3. The van der Waals surface area contributed by atoms with Crippen LogP contribution in [0.2, 0.25) is 0 Å². The van der Waals surface area contributed by atoms with Gasteiger partial charge >= 0.3 is 12.1 Å². The van der Waals surface area contributed by atoms with Crippen LogP contribution < -0.4 is 0 Å². The Kier molecular flexibility index (Phi) is 5.02. The molecule has 1 N–H and O–H groups in total. The number of allylic oxidation sites excluding steroid dienone is 2. The minimum absolute atomic E-state index is 0.0815. The van der Waals surface area contributed by atoms with Gasteiger partial charge < -0.3 is 5.11 Å². The minimum atomic E-state index is -4.55. The normalized spacial score (nSPS) is 14.6. The maximum atomic E-state index is 13.3. The van der Waals surface area contributed by atoms with Crippen LogP contribution in [0.5, 0.6) is 0 Å². The Hall–Kier alpha value is -4.00. The number of carboxylic acid groups (broad SMARTS) is 1. The van der Waals surface area contributed by atoms with Crippen LogP contribution in [0, 0.1) is 0 Å². The second-order valence-corrected chi connectivity index (χ2v) is 6.84. The Morgan fingerprint density at radius 2 is 1.58 bits per heavy atom. The quantitative estimate of drug-likeness (QED) is 0.554. The number of alkyl halides is 3. The molecule has 0 bridgehead atoms. The van der Waals surface area contributed by atoms with Crippen LogP contribution in [0.25, 0.3) is 11.1 Å². The van der Waals surface area contributed by atoms with Crippen LogP contribution in [-0.2, 0) is 11.0 Å². The number of aliphatic imine (C=N–C) groups is 1. The number of nitrogens with zero attached hydrogens (tertiary/aromatic N) is 1. The molecule has 0 aromatic heterocycles. The van der Waals surface area contributed by atoms with E-state index in [4.69, 9.17) is 5.11 Å². The lowest BCUT2D eigenvalue weighted by molar-refractivity contribution is -0.137. The summed E-state index contributed by atoms with van der Waals surface area (Å²) in [4.78, 5) is 27.6. The van der Waals surface area contributed by atoms with Gasteiger partial charge in [0.2, 0.25) is 0 Å². The highest BCUT2D eigenvalue weighted by molar-refractivity contribution is 6.48. The zero-order chi connectivity index (χ0) is 22.2. The fraction of sp³-hybridized carbons (Fsp3) is 0.0417. The lowest BCUT2D eigenvalue weighted by Gasteiger charge is -2.10. The molecule has 31 heavy (non-hydrogen) atoms. The average Bonchev–Trinajstić information content (AvgIpc) is 3.06. The van der Waals surface area contributed by atoms with Crippen molar-refractivity contribution in [3.8, 4) is 0 Å². The van der Waals surface area contributed by atoms with E-state index in [0.29, 0.717) is 34.4 Å². The average molecular weight is 421 g/mol. The number of carboxylic acids is 1. The summed E-state index contributed by atoms with van der Waals surface area (Å²) in [7, 11) is 0. The largest absolute Gasteiger partial charge is 0.478 e. The van der Waals surface area contributed by atoms with Crippen molar-refractivity contribution < 1.29 is 27.9 Å². The van der Waals surface area contributed by atoms with Gasteiger partial charge in [0.1, 0.15) is 0 Å². The predicted octanol–water partition coefficient (Wildman–Crippen LogP) is 5.65. The van der Waals surface area contributed by atoms with Gasteiger partial charge in [-0.2, -0.15) is 13.2 Å². The van der Waals surface area contributed by atoms with Crippen molar-refractivity contribution in [1.82, 2.24) is 0 Å². The number of hydrogen-bond acceptors (Lipinski definition) is 3. The summed E-state index contributed by atoms with van der Waals surface area (Å²) in [6.07, 6.45) is -4.01. The van der Waals surface area contributed by atoms with E-state index in [2.05, 4.69) is 4.99 Å². The number of carbonyl (C=O) groups excluding carboxylic acids is 1. The van der Waals surface area contributed by atoms with Crippen molar-refractivity contribution in [2.45, 2.75) is 6.18 Å². The van der Waals surface area contributed by atoms with Crippen molar-refractivity contribution in [2.75, 3.05) is 0 Å². The summed E-state index contributed by atoms with van der Waals surface area (Å²) in [5.74, 6) is -1.08. The van der Waals surface area contributed by atoms with Gasteiger partial charge in [0, 0.05) is 16.7 Å². The third kappa shape index (κ3) is 3.77. The molecule has 1 aliphatic rings. The molecule has 0 amide bonds. The predicted molar refractivity (Wildman–Crippen MR) is 110 cm³/mol. The summed E-state index contributed by atoms with van der Waals surface area (Å²) >= 11 is 0. The van der Waals surface area contributed by atoms with E-state index in [1.54, 1.807) is 30.3 Å². The van der Waals surface area contributed by atoms with Gasteiger partial charge in [0.15, 0.2) is 6.29 Å². The molecule has 0 fully saturated rings. The number of hydrogen-bond donors (Lipinski definition) is 1. The Bertz CT molecular complexity index is 1240. The number of aromatic carboxylic acids is 1. The highest BCUT2D eigenvalue weighted by atomic mass is 19.4. The van der Waals surface area contributed by atoms with Crippen LogP contribution in [0.15, 0.2) is 77.8 Å². The zero-order valence-electron chi connectivity index (χ0n) is 15.9. The van der Waals surface area contributed by atoms with Gasteiger partial charge in [0.05, 0.1) is 22.5 Å². The van der Waals surface area contributed by atoms with Gasteiger partial charge in [-0.1, -0.05) is 36.4 Å². The number of carbonyl (C=O) groups is 2. The molecule has 0 heterocycles. The molecule has 3 aromatic carbocycles. The van der Waals surface area contributed by atoms with Crippen molar-refractivity contribution in [3.63, 3.8) is 0 Å². The van der Waals surface area contributed by atoms with E-state index in [-0.39, 0.29) is 16.7 Å². The van der Waals surface area contributed by atoms with Crippen LogP contribution in [0.1, 0.15) is 32.6 Å². The van der Waals surface area contributed by atoms with Gasteiger partial charge in [-0.15, -0.1) is 0 Å². The standard InChI is InChI=1S/C24H14F3NO3/c25-24(26,27)16-8-11-18-19(12-16)20(13-29)21(14-4-2-1-3-5-14)22(18)28-17-9-6-15(7-10-17)23(30)31/h1-13H,(H,30,31). The second kappa shape index (κ2) is 7.68. The number of rotatable bonds is 4. The molecule has 0 saturated carbocycles. The topological polar surface area (TPSA) is 66.7 Å². The lowest BCUT2D eigenvalue weighted by atomic mass is 9.99. The molecule has 154 valence electrons. The zero-order valence-corrected chi connectivity index (χ0v) is 15.9. The van der Waals surface area contributed by atoms with Crippen molar-refractivity contribution >= 4 is 34.8 Å². The summed E-state index contributed by atoms with van der Waals surface area (Å²) in [6, 6.07) is 17.8. The first-order chi connectivity index (χ1) is 14.8. The number of aldehydes is 1. The minimum Gasteiger partial charge on any atom is -0.478 e. The van der Waals surface area contributed by atoms with Crippen molar-refractivity contribution in [1.29, 1.82) is 0 Å². The highest BCUT2D eigenvalue weighted by Gasteiger charge is 2.35. The number of fused-ring (bicyclic) bond motifs is 1. The highest BCUT2D eigenvalue weighted by Crippen LogP contribution is 2.41. The summed E-state index contributed by atoms with van der Waals surface area (Å²) in [5, 5.41) is 9.07. The summed E-state index contributed by atoms with van der Waals surface area (Å²) in [6.45, 7) is 0. The second-order valence-electron chi connectivity index (χ2n) is 6.84. The number of benzene rings is 3. The Morgan fingerprint density at radius 3 is 2.16 bits per heavy atom. The van der Waals surface area contributed by atoms with Gasteiger partial charge in [-0.3, -0.25) is 4.79 Å². The Balaban J connectivity index is 1.95. The maximum Gasteiger partial charge on any atom is 0.416 e. The monoisotopic (exact) mass is 421 g/mol. The first-order valence-electron chi connectivity index (χ1n) is 9.19. The fourth-order valence-corrected chi connectivity index (χ4v) is 3.49. The van der Waals surface area contributed by atoms with Gasteiger partial charge in [-0.05, 0) is 47.5 Å². The molecule has 7 heteroatoms. The van der Waals surface area contributed by atoms with E-state index >= 15 is 0 Å². The van der Waals surface area contributed by atoms with E-state index in [1.165, 1.54) is 30.3 Å². The molecule has 3 aromatic rings. The van der Waals surface area contributed by atoms with Gasteiger partial charge in [-0.25, -0.2) is 9.79 Å². The van der Waals surface area contributed by atoms with Crippen LogP contribution in [0.3, 0.4) is 0 Å². The third-order valence-corrected chi connectivity index (χ3v) is 4.93. The Labute approximate surface area is 175 Å². The third-order valence-electron chi connectivity index (χ3n) is 4.93. The molecule has 0 radical (unpaired) electrons. The van der Waals surface area contributed by atoms with E-state index in [9.17, 15) is 22.8 Å². The van der Waals surface area contributed by atoms with Crippen LogP contribution in [0.4, 0.5) is 18.9 Å². The molecule has 0 spiro atoms. The molecular formula is C24H14F3NO3. The van der Waals surface area contributed by atoms with Gasteiger partial charge in [0.25, 0.3) is 0 Å². The molecule has 0 aliphatic heterocycles. The van der Waals surface area contributed by atoms with E-state index in [0.717, 1.165) is 12.1 Å². The van der Waals surface area contributed by atoms with E-state index in [1.807, 2.05) is 0 Å². The first-order valence-corrected chi connectivity index (χ1v) is 9.19. The molecule has 4 rings (SSSR count). The van der Waals surface area contributed by atoms with Crippen molar-refractivity contribution in [3.05, 3.63) is 101 Å².